The highest BCUT2D eigenvalue weighted by Crippen LogP contribution is 2.32. The molecule has 0 N–H and O–H groups in total. The van der Waals surface area contributed by atoms with Crippen molar-refractivity contribution in [3.63, 3.8) is 0 Å². The summed E-state index contributed by atoms with van der Waals surface area (Å²) < 4.78 is 41.0. The molecule has 1 aliphatic heterocycles. The Morgan fingerprint density at radius 2 is 1.66 bits per heavy atom. The van der Waals surface area contributed by atoms with Gasteiger partial charge in [0.2, 0.25) is 0 Å². The lowest BCUT2D eigenvalue weighted by atomic mass is 10.1. The van der Waals surface area contributed by atoms with Gasteiger partial charge in [0, 0.05) is 31.9 Å². The zero-order valence-electron chi connectivity index (χ0n) is 19.0. The molecule has 2 aromatic carbocycles. The Labute approximate surface area is 205 Å². The molecular formula is C26H23F3N4OS. The molecule has 3 heterocycles. The maximum absolute atomic E-state index is 13.6. The van der Waals surface area contributed by atoms with Crippen LogP contribution >= 0.6 is 11.3 Å². The minimum atomic E-state index is -4.39. The summed E-state index contributed by atoms with van der Waals surface area (Å²) >= 11 is 1.56. The van der Waals surface area contributed by atoms with Gasteiger partial charge in [0.1, 0.15) is 11.4 Å². The Kier molecular flexibility index (Phi) is 6.10. The van der Waals surface area contributed by atoms with Gasteiger partial charge >= 0.3 is 6.18 Å². The number of carbonyl (C=O) groups excluding carboxylic acids is 1. The van der Waals surface area contributed by atoms with Crippen molar-refractivity contribution in [2.24, 2.45) is 0 Å². The number of thiophene rings is 1. The number of carbonyl (C=O) groups is 1. The molecule has 35 heavy (non-hydrogen) atoms. The number of piperazine rings is 1. The van der Waals surface area contributed by atoms with Crippen LogP contribution in [0, 0.1) is 6.92 Å². The molecule has 9 heteroatoms. The predicted octanol–water partition coefficient (Wildman–Crippen LogP) is 5.89. The molecule has 1 aliphatic rings. The molecule has 0 aliphatic carbocycles. The van der Waals surface area contributed by atoms with E-state index in [1.165, 1.54) is 6.07 Å². The number of halogens is 3. The highest BCUT2D eigenvalue weighted by molar-refractivity contribution is 7.13. The summed E-state index contributed by atoms with van der Waals surface area (Å²) in [5, 5.41) is 6.69. The lowest BCUT2D eigenvalue weighted by molar-refractivity contribution is -0.137. The van der Waals surface area contributed by atoms with Gasteiger partial charge in [-0.3, -0.25) is 4.79 Å². The van der Waals surface area contributed by atoms with Crippen molar-refractivity contribution in [1.82, 2.24) is 14.7 Å². The second-order valence-corrected chi connectivity index (χ2v) is 9.41. The van der Waals surface area contributed by atoms with Crippen molar-refractivity contribution in [2.45, 2.75) is 13.1 Å². The van der Waals surface area contributed by atoms with Crippen LogP contribution in [-0.2, 0) is 6.18 Å². The first-order chi connectivity index (χ1) is 16.8. The van der Waals surface area contributed by atoms with Crippen molar-refractivity contribution in [3.05, 3.63) is 88.9 Å². The standard InChI is InChI=1S/C26H23F3N4OS/c1-18-7-9-20(10-8-18)33-23(17-22(30-33)24-6-3-15-35-24)25(34)32-13-11-31(12-14-32)21-5-2-4-19(16-21)26(27,28)29/h2-10,15-17H,11-14H2,1H3. The molecule has 2 aromatic heterocycles. The van der Waals surface area contributed by atoms with E-state index in [0.29, 0.717) is 37.6 Å². The average molecular weight is 497 g/mol. The van der Waals surface area contributed by atoms with Crippen LogP contribution in [0.15, 0.2) is 72.1 Å². The lowest BCUT2D eigenvalue weighted by Gasteiger charge is -2.36. The summed E-state index contributed by atoms with van der Waals surface area (Å²) in [6.45, 7) is 3.71. The monoisotopic (exact) mass is 496 g/mol. The number of rotatable bonds is 4. The second kappa shape index (κ2) is 9.22. The zero-order chi connectivity index (χ0) is 24.6. The van der Waals surface area contributed by atoms with Crippen molar-refractivity contribution >= 4 is 22.9 Å². The SMILES string of the molecule is Cc1ccc(-n2nc(-c3cccs3)cc2C(=O)N2CCN(c3cccc(C(F)(F)F)c3)CC2)cc1. The van der Waals surface area contributed by atoms with Crippen molar-refractivity contribution in [2.75, 3.05) is 31.1 Å². The van der Waals surface area contributed by atoms with E-state index in [1.54, 1.807) is 27.0 Å². The molecule has 0 unspecified atom stereocenters. The van der Waals surface area contributed by atoms with Crippen LogP contribution in [0.3, 0.4) is 0 Å². The average Bonchev–Trinajstić information content (AvgIpc) is 3.54. The maximum atomic E-state index is 13.6. The number of hydrogen-bond acceptors (Lipinski definition) is 4. The summed E-state index contributed by atoms with van der Waals surface area (Å²) in [4.78, 5) is 18.2. The van der Waals surface area contributed by atoms with Crippen LogP contribution in [0.1, 0.15) is 21.6 Å². The van der Waals surface area contributed by atoms with Crippen LogP contribution in [0.25, 0.3) is 16.3 Å². The number of amides is 1. The molecule has 0 bridgehead atoms. The summed E-state index contributed by atoms with van der Waals surface area (Å²) in [6.07, 6.45) is -4.39. The Morgan fingerprint density at radius 3 is 2.31 bits per heavy atom. The maximum Gasteiger partial charge on any atom is 0.416 e. The number of nitrogens with zero attached hydrogens (tertiary/aromatic N) is 4. The summed E-state index contributed by atoms with van der Waals surface area (Å²) in [5.41, 5.74) is 2.94. The Hall–Kier alpha value is -3.59. The third-order valence-corrected chi connectivity index (χ3v) is 6.98. The fraction of sp³-hybridized carbons (Fsp3) is 0.231. The quantitative estimate of drug-likeness (QED) is 0.354. The molecule has 5 rings (SSSR count). The molecule has 0 atom stereocenters. The fourth-order valence-electron chi connectivity index (χ4n) is 4.17. The minimum Gasteiger partial charge on any atom is -0.368 e. The number of anilines is 1. The molecule has 4 aromatic rings. The normalized spacial score (nSPS) is 14.4. The molecule has 180 valence electrons. The van der Waals surface area contributed by atoms with E-state index < -0.39 is 11.7 Å². The van der Waals surface area contributed by atoms with Crippen molar-refractivity contribution < 1.29 is 18.0 Å². The molecular weight excluding hydrogens is 473 g/mol. The van der Waals surface area contributed by atoms with E-state index >= 15 is 0 Å². The van der Waals surface area contributed by atoms with Crippen LogP contribution < -0.4 is 4.90 Å². The van der Waals surface area contributed by atoms with E-state index in [1.807, 2.05) is 59.7 Å². The van der Waals surface area contributed by atoms with Crippen LogP contribution in [0.2, 0.25) is 0 Å². The number of hydrogen-bond donors (Lipinski definition) is 0. The summed E-state index contributed by atoms with van der Waals surface area (Å²) in [5.74, 6) is -0.149. The Morgan fingerprint density at radius 1 is 0.914 bits per heavy atom. The van der Waals surface area contributed by atoms with Gasteiger partial charge in [-0.2, -0.15) is 18.3 Å². The van der Waals surface area contributed by atoms with Gasteiger partial charge in [-0.1, -0.05) is 29.8 Å². The van der Waals surface area contributed by atoms with E-state index in [-0.39, 0.29) is 5.91 Å². The number of aromatic nitrogens is 2. The van der Waals surface area contributed by atoms with Crippen LogP contribution in [-0.4, -0.2) is 46.8 Å². The van der Waals surface area contributed by atoms with Crippen LogP contribution in [0.4, 0.5) is 18.9 Å². The minimum absolute atomic E-state index is 0.149. The van der Waals surface area contributed by atoms with Gasteiger partial charge < -0.3 is 9.80 Å². The lowest BCUT2D eigenvalue weighted by Crippen LogP contribution is -2.49. The molecule has 1 saturated heterocycles. The van der Waals surface area contributed by atoms with Gasteiger partial charge in [0.25, 0.3) is 5.91 Å². The molecule has 5 nitrogen and oxygen atoms in total. The van der Waals surface area contributed by atoms with Gasteiger partial charge in [-0.15, -0.1) is 11.3 Å². The Bertz CT molecular complexity index is 1320. The first kappa shape index (κ1) is 23.2. The largest absolute Gasteiger partial charge is 0.416 e. The zero-order valence-corrected chi connectivity index (χ0v) is 19.8. The van der Waals surface area contributed by atoms with Crippen molar-refractivity contribution in [3.8, 4) is 16.3 Å². The van der Waals surface area contributed by atoms with Gasteiger partial charge in [-0.25, -0.2) is 4.68 Å². The molecule has 0 spiro atoms. The predicted molar refractivity (Wildman–Crippen MR) is 131 cm³/mol. The van der Waals surface area contributed by atoms with E-state index in [0.717, 1.165) is 34.0 Å². The molecule has 0 saturated carbocycles. The van der Waals surface area contributed by atoms with Crippen LogP contribution in [0.5, 0.6) is 0 Å². The highest BCUT2D eigenvalue weighted by atomic mass is 32.1. The molecule has 0 radical (unpaired) electrons. The number of alkyl halides is 3. The summed E-state index contributed by atoms with van der Waals surface area (Å²) in [6, 6.07) is 18.9. The highest BCUT2D eigenvalue weighted by Gasteiger charge is 2.32. The van der Waals surface area contributed by atoms with Gasteiger partial charge in [-0.05, 0) is 54.8 Å². The molecule has 1 amide bonds. The molecule has 1 fully saturated rings. The second-order valence-electron chi connectivity index (χ2n) is 8.47. The van der Waals surface area contributed by atoms with E-state index in [4.69, 9.17) is 5.10 Å². The van der Waals surface area contributed by atoms with Crippen molar-refractivity contribution in [1.29, 1.82) is 0 Å². The number of aryl methyl sites for hydroxylation is 1. The number of benzene rings is 2. The fourth-order valence-corrected chi connectivity index (χ4v) is 4.85. The first-order valence-electron chi connectivity index (χ1n) is 11.2. The van der Waals surface area contributed by atoms with E-state index in [9.17, 15) is 18.0 Å². The third-order valence-electron chi connectivity index (χ3n) is 6.09. The van der Waals surface area contributed by atoms with Gasteiger partial charge in [0.05, 0.1) is 16.1 Å². The summed E-state index contributed by atoms with van der Waals surface area (Å²) in [7, 11) is 0. The van der Waals surface area contributed by atoms with E-state index in [2.05, 4.69) is 0 Å². The Balaban J connectivity index is 1.38. The third kappa shape index (κ3) is 4.81. The first-order valence-corrected chi connectivity index (χ1v) is 12.1. The smallest absolute Gasteiger partial charge is 0.368 e. The van der Waals surface area contributed by atoms with Gasteiger partial charge in [0.15, 0.2) is 0 Å². The topological polar surface area (TPSA) is 41.4 Å².